The maximum absolute atomic E-state index is 5.28. The third kappa shape index (κ3) is 2.94. The molecule has 0 N–H and O–H groups in total. The van der Waals surface area contributed by atoms with Crippen LogP contribution in [0, 0.1) is 13.8 Å². The van der Waals surface area contributed by atoms with Crippen LogP contribution in [-0.4, -0.2) is 9.97 Å². The Bertz CT molecular complexity index is 1390. The van der Waals surface area contributed by atoms with Crippen molar-refractivity contribution in [3.63, 3.8) is 0 Å². The highest BCUT2D eigenvalue weighted by Crippen LogP contribution is 2.44. The number of benzene rings is 2. The number of fused-ring (bicyclic) bond motifs is 2. The van der Waals surface area contributed by atoms with Gasteiger partial charge in [0.2, 0.25) is 0 Å². The van der Waals surface area contributed by atoms with E-state index < -0.39 is 0 Å². The Kier molecular flexibility index (Phi) is 4.30. The molecule has 0 aliphatic carbocycles. The van der Waals surface area contributed by atoms with Crippen LogP contribution in [0.4, 0.5) is 0 Å². The van der Waals surface area contributed by atoms with E-state index in [4.69, 9.17) is 9.40 Å². The summed E-state index contributed by atoms with van der Waals surface area (Å²) in [5.74, 6) is 0. The van der Waals surface area contributed by atoms with Crippen molar-refractivity contribution in [3.8, 4) is 22.5 Å². The van der Waals surface area contributed by atoms with Crippen molar-refractivity contribution >= 4 is 32.2 Å². The molecule has 30 heavy (non-hydrogen) atoms. The number of thiophene rings is 1. The monoisotopic (exact) mass is 412 g/mol. The van der Waals surface area contributed by atoms with Gasteiger partial charge in [-0.1, -0.05) is 45.0 Å². The Morgan fingerprint density at radius 2 is 1.80 bits per heavy atom. The Morgan fingerprint density at radius 3 is 2.53 bits per heavy atom. The number of rotatable bonds is 2. The summed E-state index contributed by atoms with van der Waals surface area (Å²) >= 11 is 1.79. The summed E-state index contributed by atoms with van der Waals surface area (Å²) in [5.41, 5.74) is 6.78. The highest BCUT2D eigenvalue weighted by molar-refractivity contribution is 7.20. The molecule has 5 rings (SSSR count). The van der Waals surface area contributed by atoms with Gasteiger partial charge in [0.05, 0.1) is 10.4 Å². The lowest BCUT2D eigenvalue weighted by Gasteiger charge is -2.23. The lowest BCUT2D eigenvalue weighted by atomic mass is 9.82. The van der Waals surface area contributed by atoms with E-state index in [0.29, 0.717) is 0 Å². The van der Waals surface area contributed by atoms with Gasteiger partial charge in [0.15, 0.2) is 6.39 Å². The van der Waals surface area contributed by atoms with Gasteiger partial charge in [0, 0.05) is 27.6 Å². The largest absolute Gasteiger partial charge is 0.451 e. The topological polar surface area (TPSA) is 38.9 Å². The number of aryl methyl sites for hydroxylation is 2. The second-order valence-electron chi connectivity index (χ2n) is 8.90. The van der Waals surface area contributed by atoms with Crippen molar-refractivity contribution in [2.75, 3.05) is 0 Å². The Labute approximate surface area is 180 Å². The first-order valence-electron chi connectivity index (χ1n) is 10.2. The highest BCUT2D eigenvalue weighted by Gasteiger charge is 2.22. The first kappa shape index (κ1) is 19.0. The molecule has 0 saturated heterocycles. The quantitative estimate of drug-likeness (QED) is 0.298. The van der Waals surface area contributed by atoms with Gasteiger partial charge < -0.3 is 4.42 Å². The molecule has 0 saturated carbocycles. The Morgan fingerprint density at radius 1 is 1.00 bits per heavy atom. The van der Waals surface area contributed by atoms with Crippen LogP contribution in [-0.2, 0) is 5.41 Å². The van der Waals surface area contributed by atoms with Gasteiger partial charge in [-0.15, -0.1) is 11.3 Å². The lowest BCUT2D eigenvalue weighted by molar-refractivity contribution is 0.558. The SMILES string of the molecule is Cc1sc2c(-c3cc(C(C)(C)C)c4ccccc4c3)ncc(C)c2c1-c1cocn1. The van der Waals surface area contributed by atoms with Crippen LogP contribution in [0.5, 0.6) is 0 Å². The summed E-state index contributed by atoms with van der Waals surface area (Å²) in [6.07, 6.45) is 5.20. The van der Waals surface area contributed by atoms with Crippen molar-refractivity contribution < 1.29 is 4.42 Å². The molecule has 4 heteroatoms. The molecule has 0 radical (unpaired) electrons. The van der Waals surface area contributed by atoms with Crippen molar-refractivity contribution in [2.45, 2.75) is 40.0 Å². The van der Waals surface area contributed by atoms with Gasteiger partial charge in [-0.25, -0.2) is 4.98 Å². The molecule has 5 aromatic rings. The van der Waals surface area contributed by atoms with E-state index in [1.807, 2.05) is 6.20 Å². The maximum Gasteiger partial charge on any atom is 0.181 e. The van der Waals surface area contributed by atoms with Gasteiger partial charge >= 0.3 is 0 Å². The van der Waals surface area contributed by atoms with E-state index in [-0.39, 0.29) is 5.41 Å². The summed E-state index contributed by atoms with van der Waals surface area (Å²) in [7, 11) is 0. The lowest BCUT2D eigenvalue weighted by Crippen LogP contribution is -2.12. The highest BCUT2D eigenvalue weighted by atomic mass is 32.1. The summed E-state index contributed by atoms with van der Waals surface area (Å²) < 4.78 is 6.49. The van der Waals surface area contributed by atoms with Crippen LogP contribution < -0.4 is 0 Å². The van der Waals surface area contributed by atoms with Crippen molar-refractivity contribution in [1.29, 1.82) is 0 Å². The third-order valence-corrected chi connectivity index (χ3v) is 6.82. The van der Waals surface area contributed by atoms with E-state index in [2.05, 4.69) is 76.0 Å². The molecule has 0 unspecified atom stereocenters. The molecule has 0 spiro atoms. The molecule has 2 aromatic carbocycles. The Balaban J connectivity index is 1.84. The molecule has 3 heterocycles. The fourth-order valence-electron chi connectivity index (χ4n) is 4.29. The van der Waals surface area contributed by atoms with E-state index >= 15 is 0 Å². The first-order valence-corrected chi connectivity index (χ1v) is 11.0. The summed E-state index contributed by atoms with van der Waals surface area (Å²) in [4.78, 5) is 10.6. The summed E-state index contributed by atoms with van der Waals surface area (Å²) in [6.45, 7) is 11.1. The number of hydrogen-bond acceptors (Lipinski definition) is 4. The van der Waals surface area contributed by atoms with Crippen LogP contribution in [0.2, 0.25) is 0 Å². The molecule has 150 valence electrons. The average molecular weight is 413 g/mol. The molecular formula is C26H24N2OS. The predicted molar refractivity (Wildman–Crippen MR) is 126 cm³/mol. The number of aromatic nitrogens is 2. The van der Waals surface area contributed by atoms with Gasteiger partial charge in [-0.2, -0.15) is 0 Å². The predicted octanol–water partition coefficient (Wildman–Crippen LogP) is 7.69. The second-order valence-corrected chi connectivity index (χ2v) is 10.1. The minimum atomic E-state index is 0.0384. The summed E-state index contributed by atoms with van der Waals surface area (Å²) in [6, 6.07) is 13.2. The minimum absolute atomic E-state index is 0.0384. The zero-order chi connectivity index (χ0) is 21.0. The smallest absolute Gasteiger partial charge is 0.181 e. The van der Waals surface area contributed by atoms with Crippen LogP contribution in [0.3, 0.4) is 0 Å². The first-order chi connectivity index (χ1) is 14.3. The molecule has 0 amide bonds. The molecule has 0 fully saturated rings. The number of hydrogen-bond donors (Lipinski definition) is 0. The zero-order valence-corrected chi connectivity index (χ0v) is 18.7. The third-order valence-electron chi connectivity index (χ3n) is 5.71. The molecule has 3 nitrogen and oxygen atoms in total. The fourth-order valence-corrected chi connectivity index (χ4v) is 5.54. The minimum Gasteiger partial charge on any atom is -0.451 e. The molecule has 0 atom stereocenters. The van der Waals surface area contributed by atoms with Gasteiger partial charge in [0.25, 0.3) is 0 Å². The zero-order valence-electron chi connectivity index (χ0n) is 17.9. The molecule has 0 aliphatic rings. The van der Waals surface area contributed by atoms with Gasteiger partial charge in [-0.05, 0) is 53.3 Å². The standard InChI is InChI=1S/C26H24N2OS/c1-15-12-27-24(25-22(15)23(16(2)30-25)21-13-29-14-28-21)18-10-17-8-6-7-9-19(17)20(11-18)26(3,4)5/h6-14H,1-5H3. The Hall–Kier alpha value is -2.98. The molecule has 0 aliphatic heterocycles. The number of pyridine rings is 1. The molecular weight excluding hydrogens is 388 g/mol. The molecule has 3 aromatic heterocycles. The van der Waals surface area contributed by atoms with Crippen molar-refractivity contribution in [3.05, 3.63) is 71.3 Å². The van der Waals surface area contributed by atoms with Crippen LogP contribution >= 0.6 is 11.3 Å². The summed E-state index contributed by atoms with van der Waals surface area (Å²) in [5, 5.41) is 3.78. The van der Waals surface area contributed by atoms with Gasteiger partial charge in [-0.3, -0.25) is 4.98 Å². The number of nitrogens with zero attached hydrogens (tertiary/aromatic N) is 2. The fraction of sp³-hybridized carbons (Fsp3) is 0.231. The van der Waals surface area contributed by atoms with E-state index in [1.54, 1.807) is 17.6 Å². The van der Waals surface area contributed by atoms with E-state index in [1.165, 1.54) is 37.7 Å². The van der Waals surface area contributed by atoms with Crippen LogP contribution in [0.25, 0.3) is 43.4 Å². The van der Waals surface area contributed by atoms with E-state index in [9.17, 15) is 0 Å². The maximum atomic E-state index is 5.28. The van der Waals surface area contributed by atoms with Crippen LogP contribution in [0.15, 0.2) is 59.7 Å². The van der Waals surface area contributed by atoms with Gasteiger partial charge in [0.1, 0.15) is 12.0 Å². The number of oxazole rings is 1. The molecule has 0 bridgehead atoms. The van der Waals surface area contributed by atoms with E-state index in [0.717, 1.165) is 28.1 Å². The van der Waals surface area contributed by atoms with Crippen molar-refractivity contribution in [1.82, 2.24) is 9.97 Å². The van der Waals surface area contributed by atoms with Crippen LogP contribution in [0.1, 0.15) is 36.8 Å². The normalized spacial score (nSPS) is 12.2. The second kappa shape index (κ2) is 6.78. The van der Waals surface area contributed by atoms with Crippen molar-refractivity contribution in [2.24, 2.45) is 0 Å². The average Bonchev–Trinajstić information content (AvgIpc) is 3.34.